The number of benzene rings is 1. The van der Waals surface area contributed by atoms with Crippen LogP contribution in [0.15, 0.2) is 24.3 Å². The van der Waals surface area contributed by atoms with E-state index in [0.717, 1.165) is 5.56 Å². The SMILES string of the molecule is CCOCCOCCOCCOc1ccc(CC(CO)N(C(=O)O)C(C)(C)C)cc1. The quantitative estimate of drug-likeness (QED) is 0.415. The van der Waals surface area contributed by atoms with Crippen molar-refractivity contribution in [2.75, 3.05) is 52.9 Å². The van der Waals surface area contributed by atoms with E-state index in [0.29, 0.717) is 58.4 Å². The van der Waals surface area contributed by atoms with Crippen molar-refractivity contribution in [3.05, 3.63) is 29.8 Å². The van der Waals surface area contributed by atoms with Gasteiger partial charge < -0.3 is 29.2 Å². The van der Waals surface area contributed by atoms with Crippen LogP contribution in [0, 0.1) is 0 Å². The van der Waals surface area contributed by atoms with Crippen molar-refractivity contribution in [3.63, 3.8) is 0 Å². The van der Waals surface area contributed by atoms with Crippen molar-refractivity contribution in [2.45, 2.75) is 45.7 Å². The summed E-state index contributed by atoms with van der Waals surface area (Å²) in [5, 5.41) is 19.2. The highest BCUT2D eigenvalue weighted by atomic mass is 16.6. The smallest absolute Gasteiger partial charge is 0.408 e. The van der Waals surface area contributed by atoms with Gasteiger partial charge in [0.15, 0.2) is 0 Å². The summed E-state index contributed by atoms with van der Waals surface area (Å²) in [7, 11) is 0. The summed E-state index contributed by atoms with van der Waals surface area (Å²) in [6.45, 7) is 10.9. The van der Waals surface area contributed by atoms with E-state index in [1.54, 1.807) is 0 Å². The lowest BCUT2D eigenvalue weighted by molar-refractivity contribution is 0.0114. The monoisotopic (exact) mass is 427 g/mol. The second-order valence-electron chi connectivity index (χ2n) is 7.78. The maximum absolute atomic E-state index is 11.6. The van der Waals surface area contributed by atoms with Crippen LogP contribution in [0.1, 0.15) is 33.3 Å². The molecule has 0 saturated carbocycles. The minimum Gasteiger partial charge on any atom is -0.491 e. The standard InChI is InChI=1S/C22H37NO7/c1-5-27-10-11-28-12-13-29-14-15-30-20-8-6-18(7-9-20)16-19(17-24)23(21(25)26)22(2,3)4/h6-9,19,24H,5,10-17H2,1-4H3,(H,25,26). The molecule has 172 valence electrons. The lowest BCUT2D eigenvalue weighted by Gasteiger charge is -2.39. The van der Waals surface area contributed by atoms with Crippen molar-refractivity contribution in [3.8, 4) is 5.75 Å². The fourth-order valence-electron chi connectivity index (χ4n) is 3.02. The highest BCUT2D eigenvalue weighted by Crippen LogP contribution is 2.21. The summed E-state index contributed by atoms with van der Waals surface area (Å²) in [5.74, 6) is 0.710. The first-order valence-corrected chi connectivity index (χ1v) is 10.4. The number of carboxylic acid groups (broad SMARTS) is 1. The molecule has 8 heteroatoms. The third-order valence-corrected chi connectivity index (χ3v) is 4.34. The maximum Gasteiger partial charge on any atom is 0.408 e. The van der Waals surface area contributed by atoms with Crippen molar-refractivity contribution >= 4 is 6.09 Å². The van der Waals surface area contributed by atoms with Gasteiger partial charge in [0.2, 0.25) is 0 Å². The van der Waals surface area contributed by atoms with E-state index in [2.05, 4.69) is 0 Å². The molecule has 0 heterocycles. The molecule has 0 aliphatic carbocycles. The Balaban J connectivity index is 2.35. The molecule has 0 fully saturated rings. The van der Waals surface area contributed by atoms with Gasteiger partial charge >= 0.3 is 6.09 Å². The van der Waals surface area contributed by atoms with Gasteiger partial charge in [-0.3, -0.25) is 4.90 Å². The molecule has 1 aromatic carbocycles. The van der Waals surface area contributed by atoms with Crippen molar-refractivity contribution in [2.24, 2.45) is 0 Å². The summed E-state index contributed by atoms with van der Waals surface area (Å²) >= 11 is 0. The number of amides is 1. The summed E-state index contributed by atoms with van der Waals surface area (Å²) in [6.07, 6.45) is -0.617. The summed E-state index contributed by atoms with van der Waals surface area (Å²) in [4.78, 5) is 12.9. The second kappa shape index (κ2) is 14.2. The lowest BCUT2D eigenvalue weighted by atomic mass is 9.99. The Morgan fingerprint density at radius 3 is 1.97 bits per heavy atom. The molecule has 2 N–H and O–H groups in total. The largest absolute Gasteiger partial charge is 0.491 e. The molecule has 1 atom stereocenters. The highest BCUT2D eigenvalue weighted by molar-refractivity contribution is 5.66. The second-order valence-corrected chi connectivity index (χ2v) is 7.78. The van der Waals surface area contributed by atoms with Gasteiger partial charge in [-0.25, -0.2) is 4.79 Å². The number of nitrogens with zero attached hydrogens (tertiary/aromatic N) is 1. The number of ether oxygens (including phenoxy) is 4. The van der Waals surface area contributed by atoms with Crippen LogP contribution in [0.25, 0.3) is 0 Å². The topological polar surface area (TPSA) is 97.7 Å². The Hall–Kier alpha value is -1.87. The number of aliphatic hydroxyl groups excluding tert-OH is 1. The van der Waals surface area contributed by atoms with Gasteiger partial charge in [-0.05, 0) is 51.8 Å². The zero-order valence-corrected chi connectivity index (χ0v) is 18.6. The van der Waals surface area contributed by atoms with E-state index in [1.165, 1.54) is 4.90 Å². The predicted octanol–water partition coefficient (Wildman–Crippen LogP) is 2.82. The molecule has 0 saturated heterocycles. The van der Waals surface area contributed by atoms with E-state index in [4.69, 9.17) is 18.9 Å². The van der Waals surface area contributed by atoms with Crippen LogP contribution < -0.4 is 4.74 Å². The van der Waals surface area contributed by atoms with E-state index < -0.39 is 17.7 Å². The lowest BCUT2D eigenvalue weighted by Crippen LogP contribution is -2.53. The van der Waals surface area contributed by atoms with Crippen LogP contribution in [-0.4, -0.2) is 85.6 Å². The molecular formula is C22H37NO7. The van der Waals surface area contributed by atoms with E-state index >= 15 is 0 Å². The fraction of sp³-hybridized carbons (Fsp3) is 0.682. The third kappa shape index (κ3) is 10.2. The highest BCUT2D eigenvalue weighted by Gasteiger charge is 2.32. The molecule has 0 aromatic heterocycles. The Morgan fingerprint density at radius 1 is 0.967 bits per heavy atom. The molecular weight excluding hydrogens is 390 g/mol. The van der Waals surface area contributed by atoms with E-state index in [9.17, 15) is 15.0 Å². The Labute approximate surface area is 179 Å². The Morgan fingerprint density at radius 2 is 1.50 bits per heavy atom. The van der Waals surface area contributed by atoms with Crippen LogP contribution >= 0.6 is 0 Å². The van der Waals surface area contributed by atoms with Crippen molar-refractivity contribution < 1.29 is 34.0 Å². The van der Waals surface area contributed by atoms with Gasteiger partial charge in [-0.15, -0.1) is 0 Å². The van der Waals surface area contributed by atoms with Gasteiger partial charge in [0.1, 0.15) is 12.4 Å². The molecule has 1 aromatic rings. The number of rotatable bonds is 15. The normalized spacial score (nSPS) is 12.6. The molecule has 1 amide bonds. The minimum absolute atomic E-state index is 0.242. The van der Waals surface area contributed by atoms with Gasteiger partial charge in [0.25, 0.3) is 0 Å². The van der Waals surface area contributed by atoms with Gasteiger partial charge in [-0.1, -0.05) is 12.1 Å². The molecule has 0 aliphatic rings. The minimum atomic E-state index is -1.04. The van der Waals surface area contributed by atoms with Crippen LogP contribution in [0.5, 0.6) is 5.75 Å². The summed E-state index contributed by atoms with van der Waals surface area (Å²) < 4.78 is 21.6. The Kier molecular flexibility index (Phi) is 12.4. The van der Waals surface area contributed by atoms with E-state index in [-0.39, 0.29) is 6.61 Å². The van der Waals surface area contributed by atoms with Crippen LogP contribution in [0.2, 0.25) is 0 Å². The first-order chi connectivity index (χ1) is 14.3. The molecule has 8 nitrogen and oxygen atoms in total. The summed E-state index contributed by atoms with van der Waals surface area (Å²) in [6, 6.07) is 6.92. The zero-order valence-electron chi connectivity index (χ0n) is 18.6. The Bertz CT molecular complexity index is 586. The van der Waals surface area contributed by atoms with Crippen LogP contribution in [0.4, 0.5) is 4.79 Å². The predicted molar refractivity (Wildman–Crippen MR) is 114 cm³/mol. The van der Waals surface area contributed by atoms with Gasteiger partial charge in [0.05, 0.1) is 45.7 Å². The number of hydrogen-bond donors (Lipinski definition) is 2. The average Bonchev–Trinajstić information content (AvgIpc) is 2.68. The van der Waals surface area contributed by atoms with Crippen molar-refractivity contribution in [1.29, 1.82) is 0 Å². The van der Waals surface area contributed by atoms with Crippen molar-refractivity contribution in [1.82, 2.24) is 4.90 Å². The van der Waals surface area contributed by atoms with E-state index in [1.807, 2.05) is 52.0 Å². The molecule has 1 rings (SSSR count). The maximum atomic E-state index is 11.6. The molecule has 0 spiro atoms. The van der Waals surface area contributed by atoms with Gasteiger partial charge in [0, 0.05) is 12.1 Å². The molecule has 1 unspecified atom stereocenters. The third-order valence-electron chi connectivity index (χ3n) is 4.34. The van der Waals surface area contributed by atoms with Gasteiger partial charge in [-0.2, -0.15) is 0 Å². The molecule has 0 radical (unpaired) electrons. The number of hydrogen-bond acceptors (Lipinski definition) is 6. The molecule has 30 heavy (non-hydrogen) atoms. The number of carbonyl (C=O) groups is 1. The summed E-state index contributed by atoms with van der Waals surface area (Å²) in [5.41, 5.74) is 0.328. The van der Waals surface area contributed by atoms with Crippen LogP contribution in [-0.2, 0) is 20.6 Å². The average molecular weight is 428 g/mol. The number of aliphatic hydroxyl groups is 1. The molecule has 0 aliphatic heterocycles. The first kappa shape index (κ1) is 26.2. The van der Waals surface area contributed by atoms with Crippen LogP contribution in [0.3, 0.4) is 0 Å². The fourth-order valence-corrected chi connectivity index (χ4v) is 3.02. The zero-order chi connectivity index (χ0) is 22.4. The molecule has 0 bridgehead atoms. The first-order valence-electron chi connectivity index (χ1n) is 10.4.